The molecule has 1 aromatic rings. The highest BCUT2D eigenvalue weighted by Crippen LogP contribution is 2.25. The minimum atomic E-state index is 0.511. The zero-order valence-electron chi connectivity index (χ0n) is 10.5. The average molecular weight is 242 g/mol. The van der Waals surface area contributed by atoms with Gasteiger partial charge in [-0.25, -0.2) is 4.98 Å². The van der Waals surface area contributed by atoms with Crippen molar-refractivity contribution in [2.24, 2.45) is 0 Å². The highest BCUT2D eigenvalue weighted by atomic mass is 15.3. The number of nitriles is 1. The van der Waals surface area contributed by atoms with Gasteiger partial charge < -0.3 is 4.90 Å². The Hall–Kier alpha value is -1.60. The van der Waals surface area contributed by atoms with E-state index in [0.717, 1.165) is 18.8 Å². The first-order valence-electron chi connectivity index (χ1n) is 6.72. The van der Waals surface area contributed by atoms with Crippen LogP contribution in [-0.2, 0) is 0 Å². The Kier molecular flexibility index (Phi) is 3.16. The van der Waals surface area contributed by atoms with E-state index in [2.05, 4.69) is 20.9 Å². The van der Waals surface area contributed by atoms with Crippen molar-refractivity contribution >= 4 is 5.69 Å². The van der Waals surface area contributed by atoms with Crippen LogP contribution < -0.4 is 4.90 Å². The first-order valence-corrected chi connectivity index (χ1v) is 6.72. The van der Waals surface area contributed by atoms with Gasteiger partial charge in [-0.3, -0.25) is 4.90 Å². The van der Waals surface area contributed by atoms with E-state index in [1.54, 1.807) is 6.20 Å². The van der Waals surface area contributed by atoms with Gasteiger partial charge in [0, 0.05) is 31.0 Å². The van der Waals surface area contributed by atoms with Crippen LogP contribution in [0.2, 0.25) is 0 Å². The van der Waals surface area contributed by atoms with Crippen molar-refractivity contribution < 1.29 is 0 Å². The molecule has 0 saturated carbocycles. The molecule has 4 nitrogen and oxygen atoms in total. The van der Waals surface area contributed by atoms with E-state index in [9.17, 15) is 0 Å². The smallest absolute Gasteiger partial charge is 0.142 e. The maximum atomic E-state index is 8.89. The van der Waals surface area contributed by atoms with Gasteiger partial charge in [-0.2, -0.15) is 5.26 Å². The highest BCUT2D eigenvalue weighted by Gasteiger charge is 2.29. The molecule has 0 aromatic carbocycles. The van der Waals surface area contributed by atoms with E-state index in [1.807, 2.05) is 12.1 Å². The Bertz CT molecular complexity index is 459. The zero-order chi connectivity index (χ0) is 12.4. The number of likely N-dealkylation sites (tertiary alicyclic amines) is 1. The molecule has 0 N–H and O–H groups in total. The number of pyridine rings is 1. The quantitative estimate of drug-likeness (QED) is 0.790. The highest BCUT2D eigenvalue weighted by molar-refractivity contribution is 5.49. The predicted octanol–water partition coefficient (Wildman–Crippen LogP) is 1.63. The molecule has 18 heavy (non-hydrogen) atoms. The molecule has 0 aliphatic carbocycles. The maximum absolute atomic E-state index is 8.89. The summed E-state index contributed by atoms with van der Waals surface area (Å²) in [6.45, 7) is 4.71. The minimum Gasteiger partial charge on any atom is -0.370 e. The molecule has 0 bridgehead atoms. The Morgan fingerprint density at radius 3 is 2.89 bits per heavy atom. The van der Waals surface area contributed by atoms with Crippen molar-refractivity contribution in [1.82, 2.24) is 9.88 Å². The number of hydrogen-bond donors (Lipinski definition) is 0. The second-order valence-corrected chi connectivity index (χ2v) is 5.14. The second kappa shape index (κ2) is 4.95. The van der Waals surface area contributed by atoms with Crippen molar-refractivity contribution in [1.29, 1.82) is 5.26 Å². The van der Waals surface area contributed by atoms with Crippen LogP contribution in [0.15, 0.2) is 18.3 Å². The van der Waals surface area contributed by atoms with E-state index in [0.29, 0.717) is 11.7 Å². The van der Waals surface area contributed by atoms with Gasteiger partial charge in [0.05, 0.1) is 0 Å². The molecule has 0 amide bonds. The monoisotopic (exact) mass is 242 g/mol. The summed E-state index contributed by atoms with van der Waals surface area (Å²) < 4.78 is 0. The van der Waals surface area contributed by atoms with Gasteiger partial charge in [0.15, 0.2) is 0 Å². The van der Waals surface area contributed by atoms with Gasteiger partial charge in [-0.15, -0.1) is 0 Å². The summed E-state index contributed by atoms with van der Waals surface area (Å²) >= 11 is 0. The Labute approximate surface area is 108 Å². The molecule has 3 rings (SSSR count). The van der Waals surface area contributed by atoms with Crippen LogP contribution in [0.25, 0.3) is 0 Å². The molecule has 1 atom stereocenters. The van der Waals surface area contributed by atoms with E-state index >= 15 is 0 Å². The van der Waals surface area contributed by atoms with Gasteiger partial charge in [0.25, 0.3) is 0 Å². The molecule has 4 heteroatoms. The third-order valence-electron chi connectivity index (χ3n) is 4.04. The Morgan fingerprint density at radius 1 is 1.28 bits per heavy atom. The molecule has 2 aliphatic rings. The van der Waals surface area contributed by atoms with Crippen molar-refractivity contribution in [3.8, 4) is 6.07 Å². The first-order chi connectivity index (χ1) is 8.86. The summed E-state index contributed by atoms with van der Waals surface area (Å²) in [7, 11) is 0. The van der Waals surface area contributed by atoms with Crippen LogP contribution in [0.4, 0.5) is 5.69 Å². The summed E-state index contributed by atoms with van der Waals surface area (Å²) in [5.41, 5.74) is 1.65. The van der Waals surface area contributed by atoms with Crippen LogP contribution in [0, 0.1) is 11.3 Å². The number of nitrogens with zero attached hydrogens (tertiary/aromatic N) is 4. The standard InChI is InChI=1S/C14H18N4/c15-10-12-9-13(3-5-16-12)18-8-4-14(11-18)17-6-1-2-7-17/h3,5,9,14H,1-2,4,6-8,11H2. The van der Waals surface area contributed by atoms with Gasteiger partial charge >= 0.3 is 0 Å². The maximum Gasteiger partial charge on any atom is 0.142 e. The fraction of sp³-hybridized carbons (Fsp3) is 0.571. The Balaban J connectivity index is 1.69. The average Bonchev–Trinajstić information content (AvgIpc) is 3.09. The van der Waals surface area contributed by atoms with Crippen molar-refractivity contribution in [3.05, 3.63) is 24.0 Å². The van der Waals surface area contributed by atoms with Crippen LogP contribution in [0.1, 0.15) is 25.0 Å². The lowest BCUT2D eigenvalue weighted by atomic mass is 10.2. The van der Waals surface area contributed by atoms with E-state index in [4.69, 9.17) is 5.26 Å². The number of hydrogen-bond acceptors (Lipinski definition) is 4. The van der Waals surface area contributed by atoms with E-state index in [1.165, 1.54) is 32.4 Å². The topological polar surface area (TPSA) is 43.2 Å². The molecule has 3 heterocycles. The Morgan fingerprint density at radius 2 is 2.11 bits per heavy atom. The van der Waals surface area contributed by atoms with E-state index in [-0.39, 0.29) is 0 Å². The lowest BCUT2D eigenvalue weighted by Crippen LogP contribution is -2.35. The molecule has 94 valence electrons. The fourth-order valence-corrected chi connectivity index (χ4v) is 3.06. The predicted molar refractivity (Wildman–Crippen MR) is 70.4 cm³/mol. The molecule has 0 spiro atoms. The molecule has 1 unspecified atom stereocenters. The lowest BCUT2D eigenvalue weighted by Gasteiger charge is -2.24. The van der Waals surface area contributed by atoms with Gasteiger partial charge in [0.1, 0.15) is 11.8 Å². The fourth-order valence-electron chi connectivity index (χ4n) is 3.06. The van der Waals surface area contributed by atoms with Gasteiger partial charge in [-0.1, -0.05) is 0 Å². The van der Waals surface area contributed by atoms with Gasteiger partial charge in [0.2, 0.25) is 0 Å². The molecule has 2 fully saturated rings. The lowest BCUT2D eigenvalue weighted by molar-refractivity contribution is 0.260. The van der Waals surface area contributed by atoms with Crippen molar-refractivity contribution in [3.63, 3.8) is 0 Å². The first kappa shape index (κ1) is 11.5. The molecule has 0 radical (unpaired) electrons. The molecule has 2 saturated heterocycles. The summed E-state index contributed by atoms with van der Waals surface area (Å²) in [5.74, 6) is 0. The largest absolute Gasteiger partial charge is 0.370 e. The molecular weight excluding hydrogens is 224 g/mol. The third-order valence-corrected chi connectivity index (χ3v) is 4.04. The summed E-state index contributed by atoms with van der Waals surface area (Å²) in [6, 6.07) is 6.71. The SMILES string of the molecule is N#Cc1cc(N2CCC(N3CCCC3)C2)ccn1. The third kappa shape index (κ3) is 2.19. The van der Waals surface area contributed by atoms with Crippen LogP contribution >= 0.6 is 0 Å². The minimum absolute atomic E-state index is 0.511. The zero-order valence-corrected chi connectivity index (χ0v) is 10.5. The van der Waals surface area contributed by atoms with Gasteiger partial charge in [-0.05, 0) is 44.5 Å². The summed E-state index contributed by atoms with van der Waals surface area (Å²) in [6.07, 6.45) is 5.68. The number of rotatable bonds is 2. The number of aromatic nitrogens is 1. The normalized spacial score (nSPS) is 24.4. The van der Waals surface area contributed by atoms with Crippen LogP contribution in [0.3, 0.4) is 0 Å². The molecular formula is C14H18N4. The summed E-state index contributed by atoms with van der Waals surface area (Å²) in [4.78, 5) is 9.03. The second-order valence-electron chi connectivity index (χ2n) is 5.14. The number of anilines is 1. The van der Waals surface area contributed by atoms with Crippen LogP contribution in [-0.4, -0.2) is 42.1 Å². The van der Waals surface area contributed by atoms with Crippen LogP contribution in [0.5, 0.6) is 0 Å². The van der Waals surface area contributed by atoms with E-state index < -0.39 is 0 Å². The summed E-state index contributed by atoms with van der Waals surface area (Å²) in [5, 5.41) is 8.89. The van der Waals surface area contributed by atoms with Crippen molar-refractivity contribution in [2.45, 2.75) is 25.3 Å². The molecule has 1 aromatic heterocycles. The molecule has 2 aliphatic heterocycles. The van der Waals surface area contributed by atoms with Crippen molar-refractivity contribution in [2.75, 3.05) is 31.1 Å².